The quantitative estimate of drug-likeness (QED) is 0.767. The molecule has 8 heteroatoms. The van der Waals surface area contributed by atoms with Gasteiger partial charge >= 0.3 is 6.18 Å². The molecule has 5 nitrogen and oxygen atoms in total. The first-order valence-corrected chi connectivity index (χ1v) is 9.71. The fourth-order valence-corrected chi connectivity index (χ4v) is 3.77. The largest absolute Gasteiger partial charge is 0.416 e. The molecule has 0 N–H and O–H groups in total. The van der Waals surface area contributed by atoms with Gasteiger partial charge in [-0.25, -0.2) is 15.0 Å². The van der Waals surface area contributed by atoms with Crippen molar-refractivity contribution in [1.29, 1.82) is 0 Å². The molecule has 0 atom stereocenters. The monoisotopic (exact) mass is 391 g/mol. The van der Waals surface area contributed by atoms with Crippen molar-refractivity contribution in [2.75, 3.05) is 36.5 Å². The van der Waals surface area contributed by atoms with Gasteiger partial charge in [0.05, 0.1) is 5.56 Å². The van der Waals surface area contributed by atoms with E-state index in [1.54, 1.807) is 13.4 Å². The lowest BCUT2D eigenvalue weighted by Crippen LogP contribution is -2.38. The van der Waals surface area contributed by atoms with Gasteiger partial charge in [-0.1, -0.05) is 0 Å². The Morgan fingerprint density at radius 1 is 1.07 bits per heavy atom. The van der Waals surface area contributed by atoms with Gasteiger partial charge in [-0.2, -0.15) is 13.2 Å². The van der Waals surface area contributed by atoms with Gasteiger partial charge in [0.2, 0.25) is 0 Å². The van der Waals surface area contributed by atoms with Crippen molar-refractivity contribution < 1.29 is 13.2 Å². The summed E-state index contributed by atoms with van der Waals surface area (Å²) in [6.45, 7) is 2.49. The molecular formula is C20H24F3N5. The number of nitrogens with zero attached hydrogens (tertiary/aromatic N) is 5. The van der Waals surface area contributed by atoms with Crippen LogP contribution in [0.5, 0.6) is 0 Å². The summed E-state index contributed by atoms with van der Waals surface area (Å²) >= 11 is 0. The van der Waals surface area contributed by atoms with E-state index in [9.17, 15) is 13.2 Å². The smallest absolute Gasteiger partial charge is 0.359 e. The maximum absolute atomic E-state index is 12.9. The molecule has 0 bridgehead atoms. The Morgan fingerprint density at radius 2 is 1.82 bits per heavy atom. The van der Waals surface area contributed by atoms with Crippen LogP contribution in [0.25, 0.3) is 0 Å². The maximum atomic E-state index is 12.9. The molecule has 0 aromatic carbocycles. The third-order valence-corrected chi connectivity index (χ3v) is 5.60. The van der Waals surface area contributed by atoms with Gasteiger partial charge in [0.1, 0.15) is 18.0 Å². The van der Waals surface area contributed by atoms with Crippen molar-refractivity contribution in [3.63, 3.8) is 0 Å². The number of aromatic nitrogens is 3. The molecule has 2 aromatic heterocycles. The minimum absolute atomic E-state index is 0.363. The van der Waals surface area contributed by atoms with E-state index in [0.29, 0.717) is 24.2 Å². The summed E-state index contributed by atoms with van der Waals surface area (Å²) in [5.41, 5.74) is 0.483. The molecule has 2 aromatic rings. The van der Waals surface area contributed by atoms with Crippen LogP contribution in [-0.2, 0) is 6.18 Å². The fourth-order valence-electron chi connectivity index (χ4n) is 3.77. The number of hydrogen-bond acceptors (Lipinski definition) is 5. The molecule has 4 rings (SSSR count). The molecule has 0 spiro atoms. The molecule has 1 aliphatic carbocycles. The van der Waals surface area contributed by atoms with Crippen LogP contribution in [0.1, 0.15) is 42.9 Å². The lowest BCUT2D eigenvalue weighted by Gasteiger charge is -2.35. The molecule has 0 radical (unpaired) electrons. The maximum Gasteiger partial charge on any atom is 0.416 e. The highest BCUT2D eigenvalue weighted by molar-refractivity contribution is 5.42. The Balaban J connectivity index is 1.33. The van der Waals surface area contributed by atoms with Crippen LogP contribution in [0.15, 0.2) is 30.7 Å². The second kappa shape index (κ2) is 7.56. The van der Waals surface area contributed by atoms with E-state index >= 15 is 0 Å². The third-order valence-electron chi connectivity index (χ3n) is 5.60. The minimum atomic E-state index is -4.35. The first-order valence-electron chi connectivity index (χ1n) is 9.71. The Bertz CT molecular complexity index is 813. The zero-order valence-corrected chi connectivity index (χ0v) is 15.9. The van der Waals surface area contributed by atoms with Gasteiger partial charge in [0.25, 0.3) is 0 Å². The van der Waals surface area contributed by atoms with Crippen LogP contribution in [-0.4, -0.2) is 41.6 Å². The summed E-state index contributed by atoms with van der Waals surface area (Å²) in [4.78, 5) is 17.0. The molecule has 2 fully saturated rings. The van der Waals surface area contributed by atoms with E-state index in [4.69, 9.17) is 0 Å². The van der Waals surface area contributed by atoms with Crippen molar-refractivity contribution in [3.8, 4) is 0 Å². The van der Waals surface area contributed by atoms with Gasteiger partial charge in [0.15, 0.2) is 0 Å². The van der Waals surface area contributed by atoms with E-state index in [1.165, 1.54) is 19.0 Å². The SMILES string of the molecule is CN(CC1CCN(c2cc(C3CC3)ncn2)CC1)c1cc(C(F)(F)F)ccn1. The number of piperidine rings is 1. The summed E-state index contributed by atoms with van der Waals surface area (Å²) in [6, 6.07) is 4.24. The van der Waals surface area contributed by atoms with Gasteiger partial charge in [0, 0.05) is 50.6 Å². The lowest BCUT2D eigenvalue weighted by molar-refractivity contribution is -0.137. The van der Waals surface area contributed by atoms with E-state index in [0.717, 1.165) is 49.6 Å². The Morgan fingerprint density at radius 3 is 2.50 bits per heavy atom. The summed E-state index contributed by atoms with van der Waals surface area (Å²) in [5, 5.41) is 0. The normalized spacial score (nSPS) is 18.4. The summed E-state index contributed by atoms with van der Waals surface area (Å²) in [5.74, 6) is 2.38. The number of halogens is 3. The molecule has 150 valence electrons. The van der Waals surface area contributed by atoms with Crippen LogP contribution >= 0.6 is 0 Å². The van der Waals surface area contributed by atoms with Crippen molar-refractivity contribution in [1.82, 2.24) is 15.0 Å². The molecule has 2 aliphatic rings. The highest BCUT2D eigenvalue weighted by Gasteiger charge is 2.31. The molecule has 1 aliphatic heterocycles. The summed E-state index contributed by atoms with van der Waals surface area (Å²) < 4.78 is 38.7. The van der Waals surface area contributed by atoms with E-state index in [-0.39, 0.29) is 0 Å². The number of alkyl halides is 3. The van der Waals surface area contributed by atoms with Gasteiger partial charge < -0.3 is 9.80 Å². The van der Waals surface area contributed by atoms with Gasteiger partial charge in [-0.15, -0.1) is 0 Å². The summed E-state index contributed by atoms with van der Waals surface area (Å²) in [7, 11) is 1.81. The van der Waals surface area contributed by atoms with Crippen LogP contribution < -0.4 is 9.80 Å². The Kier molecular flexibility index (Phi) is 5.12. The zero-order valence-electron chi connectivity index (χ0n) is 15.9. The fraction of sp³-hybridized carbons (Fsp3) is 0.550. The van der Waals surface area contributed by atoms with E-state index < -0.39 is 11.7 Å². The number of hydrogen-bond donors (Lipinski definition) is 0. The van der Waals surface area contributed by atoms with Crippen LogP contribution in [0.4, 0.5) is 24.8 Å². The van der Waals surface area contributed by atoms with Crippen molar-refractivity contribution in [3.05, 3.63) is 42.0 Å². The second-order valence-electron chi connectivity index (χ2n) is 7.79. The predicted molar refractivity (Wildman–Crippen MR) is 101 cm³/mol. The highest BCUT2D eigenvalue weighted by atomic mass is 19.4. The molecular weight excluding hydrogens is 367 g/mol. The van der Waals surface area contributed by atoms with Crippen molar-refractivity contribution in [2.24, 2.45) is 5.92 Å². The Hall–Kier alpha value is -2.38. The molecule has 28 heavy (non-hydrogen) atoms. The molecule has 0 amide bonds. The van der Waals surface area contributed by atoms with Crippen LogP contribution in [0, 0.1) is 5.92 Å². The second-order valence-corrected chi connectivity index (χ2v) is 7.79. The van der Waals surface area contributed by atoms with Gasteiger partial charge in [-0.3, -0.25) is 0 Å². The molecule has 1 saturated heterocycles. The van der Waals surface area contributed by atoms with Gasteiger partial charge in [-0.05, 0) is 43.7 Å². The lowest BCUT2D eigenvalue weighted by atomic mass is 9.96. The Labute approximate surface area is 162 Å². The van der Waals surface area contributed by atoms with Crippen LogP contribution in [0.3, 0.4) is 0 Å². The van der Waals surface area contributed by atoms with E-state index in [2.05, 4.69) is 25.9 Å². The average Bonchev–Trinajstić information content (AvgIpc) is 3.53. The summed E-state index contributed by atoms with van der Waals surface area (Å²) in [6.07, 6.45) is 2.92. The standard InChI is InChI=1S/C20H24F3N5/c1-27(18-10-16(4-7-24-18)20(21,22)23)12-14-5-8-28(9-6-14)19-11-17(15-2-3-15)25-13-26-19/h4,7,10-11,13-15H,2-3,5-6,8-9,12H2,1H3. The van der Waals surface area contributed by atoms with Crippen LogP contribution in [0.2, 0.25) is 0 Å². The number of rotatable bonds is 5. The zero-order chi connectivity index (χ0) is 19.7. The predicted octanol–water partition coefficient (Wildman–Crippen LogP) is 4.12. The molecule has 3 heterocycles. The van der Waals surface area contributed by atoms with E-state index in [1.807, 2.05) is 4.90 Å². The van der Waals surface area contributed by atoms with Crippen molar-refractivity contribution in [2.45, 2.75) is 37.8 Å². The molecule has 0 unspecified atom stereocenters. The topological polar surface area (TPSA) is 45.2 Å². The molecule has 1 saturated carbocycles. The first kappa shape index (κ1) is 19.0. The van der Waals surface area contributed by atoms with Crippen molar-refractivity contribution >= 4 is 11.6 Å². The average molecular weight is 391 g/mol. The first-order chi connectivity index (χ1) is 13.4. The minimum Gasteiger partial charge on any atom is -0.359 e. The number of anilines is 2. The third kappa shape index (κ3) is 4.36. The number of pyridine rings is 1. The highest BCUT2D eigenvalue weighted by Crippen LogP contribution is 2.39.